The summed E-state index contributed by atoms with van der Waals surface area (Å²) in [5.74, 6) is 3.77. The van der Waals surface area contributed by atoms with Gasteiger partial charge in [-0.25, -0.2) is 0 Å². The minimum atomic E-state index is 0.395. The van der Waals surface area contributed by atoms with Crippen molar-refractivity contribution in [3.8, 4) is 11.4 Å². The number of hydrogen-bond acceptors (Lipinski definition) is 7. The molecule has 0 aromatic carbocycles. The SMILES string of the molecule is CC(C)c1nnc2n1CCN(Cc1nc(-c3ccsc3)no1)C2. The first-order valence-corrected chi connectivity index (χ1v) is 8.64. The lowest BCUT2D eigenvalue weighted by molar-refractivity contribution is 0.181. The second kappa shape index (κ2) is 5.86. The Morgan fingerprint density at radius 2 is 2.22 bits per heavy atom. The summed E-state index contributed by atoms with van der Waals surface area (Å²) < 4.78 is 7.61. The van der Waals surface area contributed by atoms with Crippen molar-refractivity contribution in [3.05, 3.63) is 34.4 Å². The molecule has 0 radical (unpaired) electrons. The fraction of sp³-hybridized carbons (Fsp3) is 0.467. The van der Waals surface area contributed by atoms with E-state index in [0.29, 0.717) is 24.2 Å². The zero-order chi connectivity index (χ0) is 15.8. The molecule has 0 amide bonds. The molecule has 1 aliphatic heterocycles. The summed E-state index contributed by atoms with van der Waals surface area (Å²) in [6, 6.07) is 2.00. The molecule has 0 bridgehead atoms. The van der Waals surface area contributed by atoms with Crippen LogP contribution in [-0.2, 0) is 19.6 Å². The van der Waals surface area contributed by atoms with E-state index in [1.807, 2.05) is 16.8 Å². The third-order valence-corrected chi connectivity index (χ3v) is 4.67. The van der Waals surface area contributed by atoms with Crippen molar-refractivity contribution in [1.82, 2.24) is 29.8 Å². The van der Waals surface area contributed by atoms with E-state index in [1.54, 1.807) is 11.3 Å². The molecule has 4 rings (SSSR count). The van der Waals surface area contributed by atoms with Crippen molar-refractivity contribution in [1.29, 1.82) is 0 Å². The van der Waals surface area contributed by atoms with E-state index in [-0.39, 0.29) is 0 Å². The molecule has 0 spiro atoms. The summed E-state index contributed by atoms with van der Waals surface area (Å²) in [4.78, 5) is 6.74. The largest absolute Gasteiger partial charge is 0.338 e. The first kappa shape index (κ1) is 14.5. The van der Waals surface area contributed by atoms with Gasteiger partial charge in [0.25, 0.3) is 0 Å². The van der Waals surface area contributed by atoms with Crippen molar-refractivity contribution in [2.75, 3.05) is 6.54 Å². The molecule has 3 aromatic heterocycles. The molecule has 0 atom stereocenters. The maximum Gasteiger partial charge on any atom is 0.241 e. The lowest BCUT2D eigenvalue weighted by Crippen LogP contribution is -2.34. The highest BCUT2D eigenvalue weighted by molar-refractivity contribution is 7.08. The van der Waals surface area contributed by atoms with E-state index in [0.717, 1.165) is 36.8 Å². The number of thiophene rings is 1. The van der Waals surface area contributed by atoms with Crippen LogP contribution in [0.5, 0.6) is 0 Å². The summed E-state index contributed by atoms with van der Waals surface area (Å²) in [6.45, 7) is 7.53. The molecule has 23 heavy (non-hydrogen) atoms. The van der Waals surface area contributed by atoms with Gasteiger partial charge in [0.1, 0.15) is 11.6 Å². The van der Waals surface area contributed by atoms with E-state index in [2.05, 4.69) is 43.7 Å². The van der Waals surface area contributed by atoms with Crippen LogP contribution in [0.25, 0.3) is 11.4 Å². The van der Waals surface area contributed by atoms with Gasteiger partial charge in [-0.3, -0.25) is 4.90 Å². The van der Waals surface area contributed by atoms with E-state index < -0.39 is 0 Å². The molecular formula is C15H18N6OS. The van der Waals surface area contributed by atoms with Crippen LogP contribution >= 0.6 is 11.3 Å². The maximum absolute atomic E-state index is 5.38. The number of hydrogen-bond donors (Lipinski definition) is 0. The molecule has 1 aliphatic rings. The maximum atomic E-state index is 5.38. The summed E-state index contributed by atoms with van der Waals surface area (Å²) >= 11 is 1.63. The Hall–Kier alpha value is -2.06. The Labute approximate surface area is 138 Å². The highest BCUT2D eigenvalue weighted by atomic mass is 32.1. The number of fused-ring (bicyclic) bond motifs is 1. The van der Waals surface area contributed by atoms with Gasteiger partial charge < -0.3 is 9.09 Å². The minimum Gasteiger partial charge on any atom is -0.338 e. The highest BCUT2D eigenvalue weighted by Crippen LogP contribution is 2.21. The molecule has 4 heterocycles. The molecular weight excluding hydrogens is 312 g/mol. The van der Waals surface area contributed by atoms with E-state index in [1.165, 1.54) is 0 Å². The second-order valence-corrected chi connectivity index (χ2v) is 6.80. The fourth-order valence-corrected chi connectivity index (χ4v) is 3.45. The lowest BCUT2D eigenvalue weighted by atomic mass is 10.2. The van der Waals surface area contributed by atoms with Crippen LogP contribution in [0.2, 0.25) is 0 Å². The van der Waals surface area contributed by atoms with Crippen LogP contribution in [0.3, 0.4) is 0 Å². The predicted octanol–water partition coefficient (Wildman–Crippen LogP) is 2.53. The summed E-state index contributed by atoms with van der Waals surface area (Å²) in [5, 5.41) is 16.7. The van der Waals surface area contributed by atoms with Crippen molar-refractivity contribution in [3.63, 3.8) is 0 Å². The smallest absolute Gasteiger partial charge is 0.241 e. The summed E-state index contributed by atoms with van der Waals surface area (Å²) in [5.41, 5.74) is 1.00. The van der Waals surface area contributed by atoms with E-state index >= 15 is 0 Å². The van der Waals surface area contributed by atoms with Gasteiger partial charge in [0.2, 0.25) is 11.7 Å². The molecule has 120 valence electrons. The van der Waals surface area contributed by atoms with Crippen molar-refractivity contribution in [2.24, 2.45) is 0 Å². The minimum absolute atomic E-state index is 0.395. The van der Waals surface area contributed by atoms with Crippen LogP contribution < -0.4 is 0 Å². The van der Waals surface area contributed by atoms with E-state index in [9.17, 15) is 0 Å². The van der Waals surface area contributed by atoms with Crippen molar-refractivity contribution in [2.45, 2.75) is 39.4 Å². The van der Waals surface area contributed by atoms with Gasteiger partial charge in [0, 0.05) is 30.0 Å². The zero-order valence-electron chi connectivity index (χ0n) is 13.1. The first-order chi connectivity index (χ1) is 11.2. The molecule has 8 heteroatoms. The summed E-state index contributed by atoms with van der Waals surface area (Å²) in [7, 11) is 0. The number of aromatic nitrogens is 5. The van der Waals surface area contributed by atoms with Gasteiger partial charge >= 0.3 is 0 Å². The van der Waals surface area contributed by atoms with Gasteiger partial charge in [0.05, 0.1) is 13.1 Å². The average molecular weight is 330 g/mol. The Bertz CT molecular complexity index is 791. The van der Waals surface area contributed by atoms with Gasteiger partial charge in [-0.1, -0.05) is 19.0 Å². The number of rotatable bonds is 4. The van der Waals surface area contributed by atoms with E-state index in [4.69, 9.17) is 4.52 Å². The predicted molar refractivity (Wildman–Crippen MR) is 85.8 cm³/mol. The third kappa shape index (κ3) is 2.79. The first-order valence-electron chi connectivity index (χ1n) is 7.70. The van der Waals surface area contributed by atoms with Crippen LogP contribution in [-0.4, -0.2) is 36.3 Å². The van der Waals surface area contributed by atoms with Gasteiger partial charge in [-0.05, 0) is 11.4 Å². The average Bonchev–Trinajstić information content (AvgIpc) is 3.27. The molecule has 0 unspecified atom stereocenters. The normalized spacial score (nSPS) is 15.3. The van der Waals surface area contributed by atoms with Gasteiger partial charge in [-0.15, -0.1) is 10.2 Å². The Balaban J connectivity index is 1.46. The molecule has 0 saturated carbocycles. The standard InChI is InChI=1S/C15H18N6OS/c1-10(2)15-18-17-12-7-20(4-5-21(12)15)8-13-16-14(19-22-13)11-3-6-23-9-11/h3,6,9-10H,4-5,7-8H2,1-2H3. The zero-order valence-corrected chi connectivity index (χ0v) is 14.0. The van der Waals surface area contributed by atoms with Gasteiger partial charge in [-0.2, -0.15) is 16.3 Å². The van der Waals surface area contributed by atoms with Gasteiger partial charge in [0.15, 0.2) is 0 Å². The number of nitrogens with zero attached hydrogens (tertiary/aromatic N) is 6. The van der Waals surface area contributed by atoms with Crippen LogP contribution in [0.4, 0.5) is 0 Å². The third-order valence-electron chi connectivity index (χ3n) is 3.98. The fourth-order valence-electron chi connectivity index (χ4n) is 2.81. The van der Waals surface area contributed by atoms with Crippen molar-refractivity contribution < 1.29 is 4.52 Å². The Morgan fingerprint density at radius 1 is 1.30 bits per heavy atom. The molecule has 0 N–H and O–H groups in total. The molecule has 7 nitrogen and oxygen atoms in total. The van der Waals surface area contributed by atoms with Crippen LogP contribution in [0.15, 0.2) is 21.3 Å². The van der Waals surface area contributed by atoms with Crippen molar-refractivity contribution >= 4 is 11.3 Å². The topological polar surface area (TPSA) is 72.9 Å². The molecule has 0 aliphatic carbocycles. The Kier molecular flexibility index (Phi) is 3.70. The van der Waals surface area contributed by atoms with Crippen LogP contribution in [0.1, 0.15) is 37.3 Å². The Morgan fingerprint density at radius 3 is 3.00 bits per heavy atom. The second-order valence-electron chi connectivity index (χ2n) is 6.02. The molecule has 0 fully saturated rings. The molecule has 0 saturated heterocycles. The highest BCUT2D eigenvalue weighted by Gasteiger charge is 2.23. The molecule has 3 aromatic rings. The summed E-state index contributed by atoms with van der Waals surface area (Å²) in [6.07, 6.45) is 0. The van der Waals surface area contributed by atoms with Crippen LogP contribution in [0, 0.1) is 0 Å². The lowest BCUT2D eigenvalue weighted by Gasteiger charge is -2.26. The monoisotopic (exact) mass is 330 g/mol. The quantitative estimate of drug-likeness (QED) is 0.732.